The highest BCUT2D eigenvalue weighted by molar-refractivity contribution is 5.62. The highest BCUT2D eigenvalue weighted by Gasteiger charge is 2.41. The van der Waals surface area contributed by atoms with Gasteiger partial charge in [-0.3, -0.25) is 0 Å². The van der Waals surface area contributed by atoms with Crippen molar-refractivity contribution in [2.45, 2.75) is 57.3 Å². The Morgan fingerprint density at radius 1 is 1.12 bits per heavy atom. The predicted molar refractivity (Wildman–Crippen MR) is 73.8 cm³/mol. The summed E-state index contributed by atoms with van der Waals surface area (Å²) in [5, 5.41) is 3.61. The van der Waals surface area contributed by atoms with Crippen LogP contribution < -0.4 is 5.32 Å². The fourth-order valence-corrected chi connectivity index (χ4v) is 3.46. The average molecular weight is 229 g/mol. The van der Waals surface area contributed by atoms with E-state index in [-0.39, 0.29) is 5.41 Å². The number of rotatable bonds is 0. The number of anilines is 1. The van der Waals surface area contributed by atoms with Gasteiger partial charge in [0, 0.05) is 17.6 Å². The van der Waals surface area contributed by atoms with Crippen LogP contribution in [0, 0.1) is 0 Å². The van der Waals surface area contributed by atoms with Crippen LogP contribution in [0.1, 0.15) is 57.6 Å². The molecule has 3 rings (SSSR count). The molecule has 92 valence electrons. The van der Waals surface area contributed by atoms with Crippen LogP contribution >= 0.6 is 0 Å². The Kier molecular flexibility index (Phi) is 2.30. The largest absolute Gasteiger partial charge is 0.384 e. The van der Waals surface area contributed by atoms with Gasteiger partial charge in [-0.05, 0) is 35.4 Å². The molecule has 17 heavy (non-hydrogen) atoms. The summed E-state index contributed by atoms with van der Waals surface area (Å²) < 4.78 is 0. The van der Waals surface area contributed by atoms with Crippen molar-refractivity contribution in [2.75, 3.05) is 11.9 Å². The van der Waals surface area contributed by atoms with Gasteiger partial charge < -0.3 is 5.32 Å². The summed E-state index contributed by atoms with van der Waals surface area (Å²) in [7, 11) is 0. The van der Waals surface area contributed by atoms with Crippen molar-refractivity contribution in [3.8, 4) is 0 Å². The Bertz CT molecular complexity index is 433. The molecule has 1 spiro atoms. The first kappa shape index (κ1) is 11.1. The molecule has 1 fully saturated rings. The topological polar surface area (TPSA) is 12.0 Å². The van der Waals surface area contributed by atoms with Crippen LogP contribution in [0.2, 0.25) is 0 Å². The Hall–Kier alpha value is -0.980. The van der Waals surface area contributed by atoms with Gasteiger partial charge in [0.1, 0.15) is 0 Å². The van der Waals surface area contributed by atoms with E-state index < -0.39 is 0 Å². The quantitative estimate of drug-likeness (QED) is 0.702. The van der Waals surface area contributed by atoms with E-state index in [0.717, 1.165) is 6.54 Å². The van der Waals surface area contributed by atoms with Crippen LogP contribution in [0.5, 0.6) is 0 Å². The predicted octanol–water partition coefficient (Wildman–Crippen LogP) is 4.22. The van der Waals surface area contributed by atoms with Gasteiger partial charge in [-0.2, -0.15) is 0 Å². The molecule has 2 aliphatic rings. The van der Waals surface area contributed by atoms with Gasteiger partial charge in [0.25, 0.3) is 0 Å². The van der Waals surface area contributed by atoms with Crippen LogP contribution in [0.4, 0.5) is 5.69 Å². The normalized spacial score (nSPS) is 21.6. The first-order chi connectivity index (χ1) is 8.01. The number of benzene rings is 1. The molecule has 1 N–H and O–H groups in total. The van der Waals surface area contributed by atoms with E-state index in [2.05, 4.69) is 44.3 Å². The maximum atomic E-state index is 3.61. The summed E-state index contributed by atoms with van der Waals surface area (Å²) in [5.41, 5.74) is 5.20. The minimum atomic E-state index is 0.261. The molecule has 1 heterocycles. The third-order valence-electron chi connectivity index (χ3n) is 4.63. The van der Waals surface area contributed by atoms with Crippen molar-refractivity contribution in [1.29, 1.82) is 0 Å². The standard InChI is InChI=1S/C16H23N/c1-15(2,3)12-6-7-14-13(10-12)16(11-17-14)8-4-5-9-16/h6-7,10,17H,4-5,8-9,11H2,1-3H3. The van der Waals surface area contributed by atoms with Gasteiger partial charge in [-0.15, -0.1) is 0 Å². The molecular weight excluding hydrogens is 206 g/mol. The summed E-state index contributed by atoms with van der Waals surface area (Å²) in [5.74, 6) is 0. The zero-order valence-corrected chi connectivity index (χ0v) is 11.3. The molecule has 1 aromatic rings. The third kappa shape index (κ3) is 1.67. The van der Waals surface area contributed by atoms with E-state index in [4.69, 9.17) is 0 Å². The van der Waals surface area contributed by atoms with Gasteiger partial charge in [0.2, 0.25) is 0 Å². The first-order valence-corrected chi connectivity index (χ1v) is 6.90. The van der Waals surface area contributed by atoms with E-state index in [9.17, 15) is 0 Å². The molecule has 0 bridgehead atoms. The van der Waals surface area contributed by atoms with Crippen molar-refractivity contribution in [3.05, 3.63) is 29.3 Å². The lowest BCUT2D eigenvalue weighted by Gasteiger charge is -2.26. The van der Waals surface area contributed by atoms with Crippen LogP contribution in [-0.2, 0) is 10.8 Å². The number of fused-ring (bicyclic) bond motifs is 2. The number of nitrogens with one attached hydrogen (secondary N) is 1. The molecule has 1 aromatic carbocycles. The van der Waals surface area contributed by atoms with Gasteiger partial charge in [0.15, 0.2) is 0 Å². The molecule has 1 nitrogen and oxygen atoms in total. The van der Waals surface area contributed by atoms with Gasteiger partial charge >= 0.3 is 0 Å². The summed E-state index contributed by atoms with van der Waals surface area (Å²) in [6.45, 7) is 8.07. The first-order valence-electron chi connectivity index (χ1n) is 6.90. The Morgan fingerprint density at radius 2 is 1.82 bits per heavy atom. The maximum absolute atomic E-state index is 3.61. The smallest absolute Gasteiger partial charge is 0.0379 e. The Balaban J connectivity index is 2.07. The highest BCUT2D eigenvalue weighted by atomic mass is 14.9. The monoisotopic (exact) mass is 229 g/mol. The molecule has 1 aliphatic carbocycles. The lowest BCUT2D eigenvalue weighted by atomic mass is 9.77. The molecule has 0 amide bonds. The third-order valence-corrected chi connectivity index (χ3v) is 4.63. The van der Waals surface area contributed by atoms with Crippen LogP contribution in [-0.4, -0.2) is 6.54 Å². The van der Waals surface area contributed by atoms with E-state index in [1.165, 1.54) is 36.9 Å². The van der Waals surface area contributed by atoms with Crippen LogP contribution in [0.3, 0.4) is 0 Å². The van der Waals surface area contributed by atoms with Gasteiger partial charge in [0.05, 0.1) is 0 Å². The average Bonchev–Trinajstić information content (AvgIpc) is 2.87. The molecule has 1 heteroatoms. The minimum Gasteiger partial charge on any atom is -0.384 e. The number of hydrogen-bond donors (Lipinski definition) is 1. The maximum Gasteiger partial charge on any atom is 0.0379 e. The SMILES string of the molecule is CC(C)(C)c1ccc2c(c1)C1(CCCC1)CN2. The van der Waals surface area contributed by atoms with E-state index >= 15 is 0 Å². The van der Waals surface area contributed by atoms with E-state index in [0.29, 0.717) is 5.41 Å². The summed E-state index contributed by atoms with van der Waals surface area (Å²) in [6.07, 6.45) is 5.56. The van der Waals surface area contributed by atoms with Gasteiger partial charge in [-0.25, -0.2) is 0 Å². The highest BCUT2D eigenvalue weighted by Crippen LogP contribution is 2.48. The van der Waals surface area contributed by atoms with Crippen LogP contribution in [0.25, 0.3) is 0 Å². The fraction of sp³-hybridized carbons (Fsp3) is 0.625. The summed E-state index contributed by atoms with van der Waals surface area (Å²) in [4.78, 5) is 0. The summed E-state index contributed by atoms with van der Waals surface area (Å²) >= 11 is 0. The fourth-order valence-electron chi connectivity index (χ4n) is 3.46. The molecule has 0 unspecified atom stereocenters. The lowest BCUT2D eigenvalue weighted by molar-refractivity contribution is 0.487. The zero-order chi connectivity index (χ0) is 12.1. The number of hydrogen-bond acceptors (Lipinski definition) is 1. The Labute approximate surface area is 105 Å². The van der Waals surface area contributed by atoms with Crippen LogP contribution in [0.15, 0.2) is 18.2 Å². The molecule has 1 aliphatic heterocycles. The van der Waals surface area contributed by atoms with Crippen molar-refractivity contribution >= 4 is 5.69 Å². The zero-order valence-electron chi connectivity index (χ0n) is 11.3. The minimum absolute atomic E-state index is 0.261. The van der Waals surface area contributed by atoms with Crippen molar-refractivity contribution in [1.82, 2.24) is 0 Å². The van der Waals surface area contributed by atoms with Crippen molar-refractivity contribution in [2.24, 2.45) is 0 Å². The second-order valence-corrected chi connectivity index (χ2v) is 6.85. The van der Waals surface area contributed by atoms with E-state index in [1.54, 1.807) is 5.56 Å². The second-order valence-electron chi connectivity index (χ2n) is 6.85. The molecule has 0 radical (unpaired) electrons. The van der Waals surface area contributed by atoms with Crippen molar-refractivity contribution < 1.29 is 0 Å². The van der Waals surface area contributed by atoms with Gasteiger partial charge in [-0.1, -0.05) is 45.7 Å². The second kappa shape index (κ2) is 3.51. The molecule has 0 aromatic heterocycles. The molecular formula is C16H23N. The molecule has 0 saturated heterocycles. The molecule has 1 saturated carbocycles. The summed E-state index contributed by atoms with van der Waals surface area (Å²) in [6, 6.07) is 7.06. The Morgan fingerprint density at radius 3 is 2.47 bits per heavy atom. The van der Waals surface area contributed by atoms with E-state index in [1.807, 2.05) is 0 Å². The lowest BCUT2D eigenvalue weighted by Crippen LogP contribution is -2.24. The molecule has 0 atom stereocenters. The van der Waals surface area contributed by atoms with Crippen molar-refractivity contribution in [3.63, 3.8) is 0 Å².